The summed E-state index contributed by atoms with van der Waals surface area (Å²) < 4.78 is 24.6. The molecule has 3 aromatic rings. The molecule has 0 bridgehead atoms. The van der Waals surface area contributed by atoms with Crippen molar-refractivity contribution >= 4 is 48.1 Å². The minimum Gasteiger partial charge on any atom is -0.756 e. The van der Waals surface area contributed by atoms with Crippen LogP contribution >= 0.6 is 31.0 Å². The number of phosphoric acid groups is 1. The molecule has 0 radical (unpaired) electrons. The van der Waals surface area contributed by atoms with Gasteiger partial charge in [-0.15, -0.1) is 0 Å². The normalized spacial score (nSPS) is 12.6. The number of aromatic nitrogens is 1. The summed E-state index contributed by atoms with van der Waals surface area (Å²) in [7, 11) is -4.97. The van der Waals surface area contributed by atoms with Crippen molar-refractivity contribution in [1.29, 1.82) is 0 Å². The second kappa shape index (κ2) is 10.9. The van der Waals surface area contributed by atoms with E-state index < -0.39 is 20.6 Å². The van der Waals surface area contributed by atoms with Crippen molar-refractivity contribution in [3.63, 3.8) is 0 Å². The molecular formula is C15H9Cl2NNa2O7P+. The summed E-state index contributed by atoms with van der Waals surface area (Å²) in [5.41, 5.74) is 1.41. The van der Waals surface area contributed by atoms with E-state index in [1.807, 2.05) is 0 Å². The average Bonchev–Trinajstić information content (AvgIpc) is 2.95. The molecule has 136 valence electrons. The molecule has 0 spiro atoms. The summed E-state index contributed by atoms with van der Waals surface area (Å²) in [5, 5.41) is 0.831. The quantitative estimate of drug-likeness (QED) is 0.189. The van der Waals surface area contributed by atoms with Crippen molar-refractivity contribution in [1.82, 2.24) is 4.98 Å². The Morgan fingerprint density at radius 1 is 1.18 bits per heavy atom. The van der Waals surface area contributed by atoms with Crippen molar-refractivity contribution < 1.29 is 91.9 Å². The van der Waals surface area contributed by atoms with Crippen LogP contribution < -0.4 is 64.0 Å². The standard InChI is InChI=1S/C15H10Cl2NO7P.2Na/c16-10-3-9(4-11(17)6-10)14-18-12-2-1-8(5-13(12)25-14)15(19)23-7-24-26(20,21)22;;/h1-6H,7H2,(H2,20,21,22);;/q;2*+1/p-1. The van der Waals surface area contributed by atoms with Gasteiger partial charge >= 0.3 is 65.1 Å². The number of hydrogen-bond donors (Lipinski definition) is 1. The molecule has 1 N–H and O–H groups in total. The number of carbonyl (C=O) groups excluding carboxylic acids is 1. The first-order chi connectivity index (χ1) is 12.2. The number of rotatable bonds is 5. The number of nitrogens with zero attached hydrogens (tertiary/aromatic N) is 1. The van der Waals surface area contributed by atoms with E-state index in [0.29, 0.717) is 26.7 Å². The number of benzene rings is 2. The number of oxazole rings is 1. The summed E-state index contributed by atoms with van der Waals surface area (Å²) >= 11 is 11.9. The van der Waals surface area contributed by atoms with E-state index in [2.05, 4.69) is 14.2 Å². The van der Waals surface area contributed by atoms with E-state index in [1.54, 1.807) is 18.2 Å². The van der Waals surface area contributed by atoms with E-state index in [-0.39, 0.29) is 70.6 Å². The number of esters is 1. The largest absolute Gasteiger partial charge is 1.00 e. The third-order valence-electron chi connectivity index (χ3n) is 3.14. The number of ether oxygens (including phenoxy) is 1. The molecular weight excluding hydrogens is 454 g/mol. The fraction of sp³-hybridized carbons (Fsp3) is 0.0667. The van der Waals surface area contributed by atoms with Gasteiger partial charge in [-0.25, -0.2) is 9.78 Å². The smallest absolute Gasteiger partial charge is 0.756 e. The third kappa shape index (κ3) is 7.09. The monoisotopic (exact) mass is 462 g/mol. The number of hydrogen-bond acceptors (Lipinski definition) is 7. The van der Waals surface area contributed by atoms with E-state index >= 15 is 0 Å². The van der Waals surface area contributed by atoms with Crippen molar-refractivity contribution in [3.05, 3.63) is 52.0 Å². The van der Waals surface area contributed by atoms with Crippen molar-refractivity contribution in [2.75, 3.05) is 6.79 Å². The first kappa shape index (κ1) is 26.1. The van der Waals surface area contributed by atoms with Gasteiger partial charge in [-0.05, 0) is 36.4 Å². The number of halogens is 2. The second-order valence-electron chi connectivity index (χ2n) is 5.01. The van der Waals surface area contributed by atoms with Gasteiger partial charge in [-0.1, -0.05) is 23.2 Å². The van der Waals surface area contributed by atoms with Crippen LogP contribution in [0.15, 0.2) is 40.8 Å². The molecule has 0 fully saturated rings. The van der Waals surface area contributed by atoms with Crippen LogP contribution in [0.4, 0.5) is 0 Å². The van der Waals surface area contributed by atoms with Crippen LogP contribution in [-0.2, 0) is 13.8 Å². The number of fused-ring (bicyclic) bond motifs is 1. The SMILES string of the molecule is O=C(OCOP(=O)([O-])O)c1ccc2nc(-c3cc(Cl)cc(Cl)c3)oc2c1.[Na+].[Na+]. The van der Waals surface area contributed by atoms with Gasteiger partial charge in [-0.3, -0.25) is 9.09 Å². The predicted molar refractivity (Wildman–Crippen MR) is 90.7 cm³/mol. The summed E-state index contributed by atoms with van der Waals surface area (Å²) in [6.45, 7) is -0.948. The Balaban J connectivity index is 0.00000196. The minimum atomic E-state index is -4.97. The summed E-state index contributed by atoms with van der Waals surface area (Å²) in [5.74, 6) is -0.616. The molecule has 0 saturated carbocycles. The van der Waals surface area contributed by atoms with Crippen LogP contribution in [0.2, 0.25) is 10.0 Å². The van der Waals surface area contributed by atoms with Crippen LogP contribution in [-0.4, -0.2) is 22.6 Å². The Kier molecular flexibility index (Phi) is 10.2. The third-order valence-corrected chi connectivity index (χ3v) is 4.01. The topological polar surface area (TPSA) is 122 Å². The second-order valence-corrected chi connectivity index (χ2v) is 7.08. The van der Waals surface area contributed by atoms with Gasteiger partial charge in [0.15, 0.2) is 12.4 Å². The van der Waals surface area contributed by atoms with Gasteiger partial charge < -0.3 is 18.9 Å². The first-order valence-electron chi connectivity index (χ1n) is 6.94. The van der Waals surface area contributed by atoms with Gasteiger partial charge in [0.05, 0.1) is 5.56 Å². The molecule has 28 heavy (non-hydrogen) atoms. The molecule has 8 nitrogen and oxygen atoms in total. The molecule has 2 aromatic carbocycles. The number of phosphoric ester groups is 1. The van der Waals surface area contributed by atoms with Crippen LogP contribution in [0, 0.1) is 0 Å². The molecule has 0 saturated heterocycles. The molecule has 1 heterocycles. The average molecular weight is 463 g/mol. The van der Waals surface area contributed by atoms with E-state index in [1.165, 1.54) is 18.2 Å². The zero-order valence-corrected chi connectivity index (χ0v) is 21.1. The molecule has 0 aliphatic heterocycles. The summed E-state index contributed by atoms with van der Waals surface area (Å²) in [6.07, 6.45) is 0. The summed E-state index contributed by atoms with van der Waals surface area (Å²) in [6, 6.07) is 9.13. The Labute approximate surface area is 213 Å². The maximum atomic E-state index is 11.9. The maximum Gasteiger partial charge on any atom is 1.00 e. The van der Waals surface area contributed by atoms with E-state index in [0.717, 1.165) is 0 Å². The van der Waals surface area contributed by atoms with Crippen molar-refractivity contribution in [2.45, 2.75) is 0 Å². The van der Waals surface area contributed by atoms with Crippen molar-refractivity contribution in [3.8, 4) is 11.5 Å². The molecule has 1 unspecified atom stereocenters. The van der Waals surface area contributed by atoms with Gasteiger partial charge in [0, 0.05) is 15.6 Å². The zero-order chi connectivity index (χ0) is 18.9. The molecule has 0 amide bonds. The van der Waals surface area contributed by atoms with Crippen LogP contribution in [0.1, 0.15) is 10.4 Å². The molecule has 13 heteroatoms. The molecule has 1 aromatic heterocycles. The fourth-order valence-electron chi connectivity index (χ4n) is 2.08. The molecule has 3 rings (SSSR count). The summed E-state index contributed by atoms with van der Waals surface area (Å²) in [4.78, 5) is 35.0. The van der Waals surface area contributed by atoms with Crippen molar-refractivity contribution in [2.24, 2.45) is 0 Å². The Morgan fingerprint density at radius 3 is 2.43 bits per heavy atom. The first-order valence-corrected chi connectivity index (χ1v) is 9.19. The Hall–Kier alpha value is 0.0700. The Bertz CT molecular complexity index is 1020. The maximum absolute atomic E-state index is 11.9. The van der Waals surface area contributed by atoms with Crippen LogP contribution in [0.3, 0.4) is 0 Å². The molecule has 0 aliphatic rings. The molecule has 0 aliphatic carbocycles. The number of carbonyl (C=O) groups is 1. The van der Waals surface area contributed by atoms with E-state index in [9.17, 15) is 14.3 Å². The predicted octanol–water partition coefficient (Wildman–Crippen LogP) is -2.60. The van der Waals surface area contributed by atoms with Gasteiger partial charge in [0.25, 0.3) is 7.82 Å². The minimum absolute atomic E-state index is 0. The van der Waals surface area contributed by atoms with Gasteiger partial charge in [0.1, 0.15) is 5.52 Å². The fourth-order valence-corrected chi connectivity index (χ4v) is 2.79. The van der Waals surface area contributed by atoms with Crippen LogP contribution in [0.5, 0.6) is 0 Å². The molecule has 1 atom stereocenters. The van der Waals surface area contributed by atoms with Gasteiger partial charge in [0.2, 0.25) is 5.89 Å². The zero-order valence-electron chi connectivity index (χ0n) is 14.7. The van der Waals surface area contributed by atoms with Gasteiger partial charge in [-0.2, -0.15) is 0 Å². The Morgan fingerprint density at radius 2 is 1.82 bits per heavy atom. The van der Waals surface area contributed by atoms with Crippen LogP contribution in [0.25, 0.3) is 22.6 Å². The van der Waals surface area contributed by atoms with E-state index in [4.69, 9.17) is 32.5 Å².